The van der Waals surface area contributed by atoms with E-state index in [1.54, 1.807) is 17.2 Å². The van der Waals surface area contributed by atoms with Gasteiger partial charge in [0.15, 0.2) is 0 Å². The first-order valence-electron chi connectivity index (χ1n) is 7.15. The molecule has 0 aliphatic rings. The van der Waals surface area contributed by atoms with Gasteiger partial charge in [-0.05, 0) is 45.6 Å². The van der Waals surface area contributed by atoms with E-state index in [0.717, 1.165) is 32.5 Å². The van der Waals surface area contributed by atoms with Gasteiger partial charge >= 0.3 is 0 Å². The van der Waals surface area contributed by atoms with Crippen LogP contribution in [0.1, 0.15) is 30.1 Å². The Morgan fingerprint density at radius 1 is 1.30 bits per heavy atom. The molecule has 0 bridgehead atoms. The van der Waals surface area contributed by atoms with Gasteiger partial charge < -0.3 is 15.1 Å². The number of carbonyl (C=O) groups is 1. The van der Waals surface area contributed by atoms with Crippen LogP contribution < -0.4 is 5.32 Å². The van der Waals surface area contributed by atoms with Crippen molar-refractivity contribution in [1.29, 1.82) is 0 Å². The van der Waals surface area contributed by atoms with Crippen LogP contribution in [0.4, 0.5) is 5.82 Å². The molecular weight excluding hydrogens is 252 g/mol. The number of nitrogens with zero attached hydrogens (tertiary/aromatic N) is 3. The molecule has 0 saturated carbocycles. The molecule has 1 amide bonds. The highest BCUT2D eigenvalue weighted by molar-refractivity contribution is 5.98. The summed E-state index contributed by atoms with van der Waals surface area (Å²) < 4.78 is 0. The lowest BCUT2D eigenvalue weighted by molar-refractivity contribution is 0.0791. The van der Waals surface area contributed by atoms with E-state index >= 15 is 0 Å². The highest BCUT2D eigenvalue weighted by Crippen LogP contribution is 2.13. The summed E-state index contributed by atoms with van der Waals surface area (Å²) in [5.74, 6) is 0.703. The molecule has 0 aliphatic heterocycles. The SMILES string of the molecule is CCCNc1ncccc1C(=O)N(C)CCCN(C)C. The zero-order valence-electron chi connectivity index (χ0n) is 13.0. The van der Waals surface area contributed by atoms with Gasteiger partial charge in [0.25, 0.3) is 5.91 Å². The minimum Gasteiger partial charge on any atom is -0.369 e. The van der Waals surface area contributed by atoms with Crippen molar-refractivity contribution in [3.8, 4) is 0 Å². The van der Waals surface area contributed by atoms with Crippen molar-refractivity contribution in [2.24, 2.45) is 0 Å². The molecule has 0 aliphatic carbocycles. The largest absolute Gasteiger partial charge is 0.369 e. The summed E-state index contributed by atoms with van der Waals surface area (Å²) in [5.41, 5.74) is 0.647. The Kier molecular flexibility index (Phi) is 7.01. The van der Waals surface area contributed by atoms with E-state index in [2.05, 4.69) is 22.1 Å². The van der Waals surface area contributed by atoms with Gasteiger partial charge in [0.1, 0.15) is 5.82 Å². The number of aromatic nitrogens is 1. The van der Waals surface area contributed by atoms with Gasteiger partial charge in [0.05, 0.1) is 5.56 Å². The molecule has 0 fully saturated rings. The third-order valence-corrected chi connectivity index (χ3v) is 3.03. The van der Waals surface area contributed by atoms with Gasteiger partial charge in [-0.25, -0.2) is 4.98 Å². The van der Waals surface area contributed by atoms with Crippen molar-refractivity contribution in [3.63, 3.8) is 0 Å². The summed E-state index contributed by atoms with van der Waals surface area (Å²) in [4.78, 5) is 20.6. The molecule has 0 saturated heterocycles. The summed E-state index contributed by atoms with van der Waals surface area (Å²) in [6, 6.07) is 3.63. The summed E-state index contributed by atoms with van der Waals surface area (Å²) in [6.07, 6.45) is 3.68. The van der Waals surface area contributed by atoms with E-state index in [-0.39, 0.29) is 5.91 Å². The molecule has 0 radical (unpaired) electrons. The van der Waals surface area contributed by atoms with Crippen molar-refractivity contribution >= 4 is 11.7 Å². The van der Waals surface area contributed by atoms with Crippen LogP contribution in [0.3, 0.4) is 0 Å². The molecule has 1 aromatic heterocycles. The second kappa shape index (κ2) is 8.53. The number of pyridine rings is 1. The minimum absolute atomic E-state index is 0.0236. The molecule has 0 aromatic carbocycles. The maximum Gasteiger partial charge on any atom is 0.257 e. The summed E-state index contributed by atoms with van der Waals surface area (Å²) in [5, 5.41) is 3.21. The standard InChI is InChI=1S/C15H26N4O/c1-5-9-16-14-13(8-6-10-17-14)15(20)19(4)12-7-11-18(2)3/h6,8,10H,5,7,9,11-12H2,1-4H3,(H,16,17). The number of anilines is 1. The van der Waals surface area contributed by atoms with Gasteiger partial charge in [-0.1, -0.05) is 6.92 Å². The van der Waals surface area contributed by atoms with Crippen molar-refractivity contribution in [2.45, 2.75) is 19.8 Å². The van der Waals surface area contributed by atoms with Gasteiger partial charge in [0.2, 0.25) is 0 Å². The molecule has 0 spiro atoms. The molecule has 5 nitrogen and oxygen atoms in total. The summed E-state index contributed by atoms with van der Waals surface area (Å²) in [6.45, 7) is 4.64. The van der Waals surface area contributed by atoms with Crippen molar-refractivity contribution in [3.05, 3.63) is 23.9 Å². The van der Waals surface area contributed by atoms with E-state index < -0.39 is 0 Å². The first-order chi connectivity index (χ1) is 9.56. The van der Waals surface area contributed by atoms with Crippen LogP contribution in [-0.2, 0) is 0 Å². The Morgan fingerprint density at radius 2 is 2.05 bits per heavy atom. The van der Waals surface area contributed by atoms with Crippen LogP contribution in [0.25, 0.3) is 0 Å². The lowest BCUT2D eigenvalue weighted by atomic mass is 10.2. The van der Waals surface area contributed by atoms with Crippen LogP contribution in [-0.4, -0.2) is 61.5 Å². The summed E-state index contributed by atoms with van der Waals surface area (Å²) in [7, 11) is 5.92. The average molecular weight is 278 g/mol. The van der Waals surface area contributed by atoms with Crippen LogP contribution in [0, 0.1) is 0 Å². The zero-order valence-corrected chi connectivity index (χ0v) is 13.0. The number of rotatable bonds is 8. The predicted octanol–water partition coefficient (Wildman–Crippen LogP) is 1.93. The second-order valence-corrected chi connectivity index (χ2v) is 5.21. The third kappa shape index (κ3) is 5.17. The molecule has 1 rings (SSSR count). The van der Waals surface area contributed by atoms with Crippen LogP contribution >= 0.6 is 0 Å². The number of hydrogen-bond acceptors (Lipinski definition) is 4. The Hall–Kier alpha value is -1.62. The van der Waals surface area contributed by atoms with Gasteiger partial charge in [-0.3, -0.25) is 4.79 Å². The van der Waals surface area contributed by atoms with E-state index in [4.69, 9.17) is 0 Å². The van der Waals surface area contributed by atoms with Crippen LogP contribution in [0.2, 0.25) is 0 Å². The second-order valence-electron chi connectivity index (χ2n) is 5.21. The molecule has 1 heterocycles. The van der Waals surface area contributed by atoms with Gasteiger partial charge in [0, 0.05) is 26.3 Å². The van der Waals surface area contributed by atoms with Crippen LogP contribution in [0.5, 0.6) is 0 Å². The van der Waals surface area contributed by atoms with E-state index in [1.807, 2.05) is 27.2 Å². The number of nitrogens with one attached hydrogen (secondary N) is 1. The van der Waals surface area contributed by atoms with E-state index in [9.17, 15) is 4.79 Å². The summed E-state index contributed by atoms with van der Waals surface area (Å²) >= 11 is 0. The molecular formula is C15H26N4O. The fourth-order valence-electron chi connectivity index (χ4n) is 1.89. The quantitative estimate of drug-likeness (QED) is 0.789. The topological polar surface area (TPSA) is 48.5 Å². The van der Waals surface area contributed by atoms with Crippen molar-refractivity contribution in [2.75, 3.05) is 46.1 Å². The lowest BCUT2D eigenvalue weighted by Gasteiger charge is -2.20. The Balaban J connectivity index is 2.65. The molecule has 20 heavy (non-hydrogen) atoms. The molecule has 112 valence electrons. The molecule has 0 unspecified atom stereocenters. The van der Waals surface area contributed by atoms with Gasteiger partial charge in [-0.2, -0.15) is 0 Å². The van der Waals surface area contributed by atoms with E-state index in [0.29, 0.717) is 11.4 Å². The molecule has 5 heteroatoms. The molecule has 1 aromatic rings. The normalized spacial score (nSPS) is 10.7. The number of amides is 1. The lowest BCUT2D eigenvalue weighted by Crippen LogP contribution is -2.30. The maximum absolute atomic E-state index is 12.4. The van der Waals surface area contributed by atoms with Crippen molar-refractivity contribution in [1.82, 2.24) is 14.8 Å². The van der Waals surface area contributed by atoms with Crippen LogP contribution in [0.15, 0.2) is 18.3 Å². The monoisotopic (exact) mass is 278 g/mol. The number of carbonyl (C=O) groups excluding carboxylic acids is 1. The minimum atomic E-state index is 0.0236. The Morgan fingerprint density at radius 3 is 2.70 bits per heavy atom. The predicted molar refractivity (Wildman–Crippen MR) is 83.1 cm³/mol. The average Bonchev–Trinajstić information content (AvgIpc) is 2.44. The fraction of sp³-hybridized carbons (Fsp3) is 0.600. The fourth-order valence-corrected chi connectivity index (χ4v) is 1.89. The highest BCUT2D eigenvalue weighted by Gasteiger charge is 2.15. The smallest absolute Gasteiger partial charge is 0.257 e. The number of hydrogen-bond donors (Lipinski definition) is 1. The first-order valence-corrected chi connectivity index (χ1v) is 7.15. The Bertz CT molecular complexity index is 420. The highest BCUT2D eigenvalue weighted by atomic mass is 16.2. The maximum atomic E-state index is 12.4. The Labute approximate surface area is 122 Å². The third-order valence-electron chi connectivity index (χ3n) is 3.03. The zero-order chi connectivity index (χ0) is 15.0. The van der Waals surface area contributed by atoms with Crippen molar-refractivity contribution < 1.29 is 4.79 Å². The molecule has 1 N–H and O–H groups in total. The van der Waals surface area contributed by atoms with Gasteiger partial charge in [-0.15, -0.1) is 0 Å². The first kappa shape index (κ1) is 16.4. The van der Waals surface area contributed by atoms with E-state index in [1.165, 1.54) is 0 Å². The molecule has 0 atom stereocenters.